The normalized spacial score (nSPS) is 10.0. The van der Waals surface area contributed by atoms with Gasteiger partial charge >= 0.3 is 0 Å². The van der Waals surface area contributed by atoms with Crippen LogP contribution in [0.4, 0.5) is 5.69 Å². The molecule has 1 N–H and O–H groups in total. The SMILES string of the molecule is Cc1cc(N(C#N)C=N)c(C)cc1Cc1ccccc1Cl. The molecular weight excluding hydrogens is 282 g/mol. The van der Waals surface area contributed by atoms with Crippen molar-refractivity contribution in [2.45, 2.75) is 20.3 Å². The summed E-state index contributed by atoms with van der Waals surface area (Å²) in [6.45, 7) is 3.95. The molecule has 3 nitrogen and oxygen atoms in total. The molecule has 0 aliphatic carbocycles. The van der Waals surface area contributed by atoms with Gasteiger partial charge in [-0.1, -0.05) is 35.9 Å². The van der Waals surface area contributed by atoms with Gasteiger partial charge in [-0.05, 0) is 54.7 Å². The maximum absolute atomic E-state index is 9.04. The summed E-state index contributed by atoms with van der Waals surface area (Å²) in [5.41, 5.74) is 5.05. The number of nitrogens with zero attached hydrogens (tertiary/aromatic N) is 2. The first-order valence-corrected chi connectivity index (χ1v) is 6.97. The van der Waals surface area contributed by atoms with Crippen molar-refractivity contribution in [3.05, 3.63) is 63.7 Å². The van der Waals surface area contributed by atoms with Gasteiger partial charge in [0.15, 0.2) is 6.19 Å². The number of benzene rings is 2. The minimum absolute atomic E-state index is 0.743. The molecule has 0 aromatic heterocycles. The Bertz CT molecular complexity index is 716. The summed E-state index contributed by atoms with van der Waals surface area (Å²) in [6.07, 6.45) is 3.76. The van der Waals surface area contributed by atoms with Crippen LogP contribution in [-0.4, -0.2) is 6.34 Å². The number of nitriles is 1. The number of hydrogen-bond donors (Lipinski definition) is 1. The molecule has 4 heteroatoms. The number of nitrogens with one attached hydrogen (secondary N) is 1. The highest BCUT2D eigenvalue weighted by Crippen LogP contribution is 2.27. The number of hydrogen-bond acceptors (Lipinski definition) is 2. The second kappa shape index (κ2) is 6.43. The van der Waals surface area contributed by atoms with E-state index in [-0.39, 0.29) is 0 Å². The Balaban J connectivity index is 2.40. The van der Waals surface area contributed by atoms with Gasteiger partial charge in [0.05, 0.1) is 5.69 Å². The molecule has 2 aromatic rings. The monoisotopic (exact) mass is 297 g/mol. The molecule has 21 heavy (non-hydrogen) atoms. The zero-order chi connectivity index (χ0) is 15.4. The van der Waals surface area contributed by atoms with Gasteiger partial charge in [-0.25, -0.2) is 4.90 Å². The molecule has 0 saturated carbocycles. The molecule has 0 unspecified atom stereocenters. The molecule has 0 bridgehead atoms. The molecule has 0 saturated heterocycles. The number of anilines is 1. The molecule has 2 aromatic carbocycles. The third kappa shape index (κ3) is 3.24. The fourth-order valence-electron chi connectivity index (χ4n) is 2.31. The van der Waals surface area contributed by atoms with E-state index in [1.807, 2.05) is 50.4 Å². The van der Waals surface area contributed by atoms with Crippen molar-refractivity contribution in [3.8, 4) is 6.19 Å². The van der Waals surface area contributed by atoms with Crippen LogP contribution in [0.1, 0.15) is 22.3 Å². The van der Waals surface area contributed by atoms with Gasteiger partial charge in [-0.3, -0.25) is 5.41 Å². The van der Waals surface area contributed by atoms with Crippen LogP contribution in [0.25, 0.3) is 0 Å². The largest absolute Gasteiger partial charge is 0.290 e. The summed E-state index contributed by atoms with van der Waals surface area (Å²) < 4.78 is 0. The Morgan fingerprint density at radius 1 is 1.19 bits per heavy atom. The second-order valence-corrected chi connectivity index (χ2v) is 5.34. The summed E-state index contributed by atoms with van der Waals surface area (Å²) >= 11 is 6.21. The van der Waals surface area contributed by atoms with Crippen molar-refractivity contribution >= 4 is 23.6 Å². The molecule has 0 radical (unpaired) electrons. The lowest BCUT2D eigenvalue weighted by atomic mass is 9.97. The lowest BCUT2D eigenvalue weighted by molar-refractivity contribution is 1.14. The van der Waals surface area contributed by atoms with E-state index in [9.17, 15) is 0 Å². The van der Waals surface area contributed by atoms with E-state index >= 15 is 0 Å². The van der Waals surface area contributed by atoms with Gasteiger partial charge in [-0.2, -0.15) is 5.26 Å². The van der Waals surface area contributed by atoms with Gasteiger partial charge in [0.25, 0.3) is 0 Å². The topological polar surface area (TPSA) is 50.9 Å². The maximum atomic E-state index is 9.04. The van der Waals surface area contributed by atoms with Gasteiger partial charge in [0, 0.05) is 5.02 Å². The van der Waals surface area contributed by atoms with Crippen molar-refractivity contribution in [2.24, 2.45) is 0 Å². The summed E-state index contributed by atoms with van der Waals surface area (Å²) in [7, 11) is 0. The molecule has 0 aliphatic rings. The number of halogens is 1. The summed E-state index contributed by atoms with van der Waals surface area (Å²) in [5.74, 6) is 0. The first-order chi connectivity index (χ1) is 10.1. The van der Waals surface area contributed by atoms with E-state index in [4.69, 9.17) is 22.3 Å². The van der Waals surface area contributed by atoms with E-state index in [2.05, 4.69) is 6.07 Å². The van der Waals surface area contributed by atoms with Crippen LogP contribution in [0.5, 0.6) is 0 Å². The fraction of sp³-hybridized carbons (Fsp3) is 0.176. The molecule has 0 heterocycles. The standard InChI is InChI=1S/C17H16ClN3/c1-12-8-17(21(10-19)11-20)13(2)7-15(12)9-14-5-3-4-6-16(14)18/h3-8,10,19H,9H2,1-2H3. The quantitative estimate of drug-likeness (QED) is 0.392. The third-order valence-electron chi connectivity index (χ3n) is 3.49. The van der Waals surface area contributed by atoms with E-state index in [1.54, 1.807) is 0 Å². The smallest absolute Gasteiger partial charge is 0.190 e. The van der Waals surface area contributed by atoms with Crippen molar-refractivity contribution in [3.63, 3.8) is 0 Å². The highest BCUT2D eigenvalue weighted by Gasteiger charge is 2.11. The Morgan fingerprint density at radius 2 is 1.90 bits per heavy atom. The Labute approximate surface area is 129 Å². The minimum atomic E-state index is 0.743. The molecule has 0 amide bonds. The first kappa shape index (κ1) is 15.1. The van der Waals surface area contributed by atoms with Crippen LogP contribution in [0, 0.1) is 30.7 Å². The second-order valence-electron chi connectivity index (χ2n) is 4.93. The van der Waals surface area contributed by atoms with Gasteiger partial charge in [0.2, 0.25) is 0 Å². The highest BCUT2D eigenvalue weighted by atomic mass is 35.5. The molecular formula is C17H16ClN3. The molecule has 106 valence electrons. The lowest BCUT2D eigenvalue weighted by Gasteiger charge is -2.16. The van der Waals surface area contributed by atoms with Gasteiger partial charge < -0.3 is 0 Å². The van der Waals surface area contributed by atoms with Crippen molar-refractivity contribution < 1.29 is 0 Å². The molecule has 2 rings (SSSR count). The Hall–Kier alpha value is -2.31. The van der Waals surface area contributed by atoms with E-state index < -0.39 is 0 Å². The zero-order valence-electron chi connectivity index (χ0n) is 12.0. The molecule has 0 atom stereocenters. The van der Waals surface area contributed by atoms with Gasteiger partial charge in [-0.15, -0.1) is 0 Å². The molecule has 0 fully saturated rings. The van der Waals surface area contributed by atoms with Gasteiger partial charge in [0.1, 0.15) is 6.34 Å². The zero-order valence-corrected chi connectivity index (χ0v) is 12.8. The predicted octanol–water partition coefficient (Wildman–Crippen LogP) is 4.44. The number of aryl methyl sites for hydroxylation is 2. The Morgan fingerprint density at radius 3 is 2.52 bits per heavy atom. The summed E-state index contributed by atoms with van der Waals surface area (Å²) in [4.78, 5) is 1.25. The predicted molar refractivity (Wildman–Crippen MR) is 87.0 cm³/mol. The number of rotatable bonds is 4. The van der Waals surface area contributed by atoms with Crippen molar-refractivity contribution in [2.75, 3.05) is 4.90 Å². The summed E-state index contributed by atoms with van der Waals surface area (Å²) in [6, 6.07) is 11.8. The lowest BCUT2D eigenvalue weighted by Crippen LogP contribution is -2.14. The van der Waals surface area contributed by atoms with Crippen LogP contribution in [0.3, 0.4) is 0 Å². The highest BCUT2D eigenvalue weighted by molar-refractivity contribution is 6.31. The van der Waals surface area contributed by atoms with E-state index in [0.717, 1.165) is 40.2 Å². The Kier molecular flexibility index (Phi) is 4.62. The molecule has 0 aliphatic heterocycles. The molecule has 0 spiro atoms. The van der Waals surface area contributed by atoms with Crippen molar-refractivity contribution in [1.82, 2.24) is 0 Å². The van der Waals surface area contributed by atoms with Crippen LogP contribution >= 0.6 is 11.6 Å². The van der Waals surface area contributed by atoms with Crippen LogP contribution in [-0.2, 0) is 6.42 Å². The first-order valence-electron chi connectivity index (χ1n) is 6.60. The van der Waals surface area contributed by atoms with Crippen LogP contribution in [0.2, 0.25) is 5.02 Å². The average Bonchev–Trinajstić information content (AvgIpc) is 2.47. The van der Waals surface area contributed by atoms with Crippen LogP contribution < -0.4 is 4.90 Å². The van der Waals surface area contributed by atoms with Crippen LogP contribution in [0.15, 0.2) is 36.4 Å². The van der Waals surface area contributed by atoms with E-state index in [1.165, 1.54) is 10.5 Å². The van der Waals surface area contributed by atoms with Crippen molar-refractivity contribution in [1.29, 1.82) is 10.7 Å². The summed E-state index contributed by atoms with van der Waals surface area (Å²) in [5, 5.41) is 17.1. The minimum Gasteiger partial charge on any atom is -0.290 e. The third-order valence-corrected chi connectivity index (χ3v) is 3.86. The average molecular weight is 298 g/mol. The van der Waals surface area contributed by atoms with E-state index in [0.29, 0.717) is 0 Å². The fourth-order valence-corrected chi connectivity index (χ4v) is 2.51. The maximum Gasteiger partial charge on any atom is 0.190 e.